The number of hydrogen-bond acceptors (Lipinski definition) is 2. The van der Waals surface area contributed by atoms with Crippen LogP contribution in [0.15, 0.2) is 18.2 Å². The SMILES string of the molecule is Cc1ccc(C(=O)OCC(C)C)cc1F. The molecule has 0 fully saturated rings. The second-order valence-electron chi connectivity index (χ2n) is 3.96. The maximum atomic E-state index is 13.1. The summed E-state index contributed by atoms with van der Waals surface area (Å²) in [4.78, 5) is 11.4. The Labute approximate surface area is 89.1 Å². The highest BCUT2D eigenvalue weighted by Gasteiger charge is 2.09. The predicted octanol–water partition coefficient (Wildman–Crippen LogP) is 2.95. The van der Waals surface area contributed by atoms with Crippen molar-refractivity contribution in [2.75, 3.05) is 6.61 Å². The van der Waals surface area contributed by atoms with Crippen LogP contribution in [0.25, 0.3) is 0 Å². The summed E-state index contributed by atoms with van der Waals surface area (Å²) in [6, 6.07) is 4.35. The fourth-order valence-corrected chi connectivity index (χ4v) is 1.05. The molecule has 1 aromatic rings. The van der Waals surface area contributed by atoms with Gasteiger partial charge < -0.3 is 4.74 Å². The number of hydrogen-bond donors (Lipinski definition) is 0. The molecule has 0 heterocycles. The van der Waals surface area contributed by atoms with Crippen LogP contribution < -0.4 is 0 Å². The summed E-state index contributed by atoms with van der Waals surface area (Å²) in [5.41, 5.74) is 0.786. The van der Waals surface area contributed by atoms with E-state index >= 15 is 0 Å². The molecule has 82 valence electrons. The van der Waals surface area contributed by atoms with Crippen molar-refractivity contribution in [2.24, 2.45) is 5.92 Å². The number of benzene rings is 1. The summed E-state index contributed by atoms with van der Waals surface area (Å²) in [7, 11) is 0. The van der Waals surface area contributed by atoms with E-state index in [-0.39, 0.29) is 17.3 Å². The Bertz CT molecular complexity index is 359. The molecule has 15 heavy (non-hydrogen) atoms. The minimum Gasteiger partial charge on any atom is -0.462 e. The molecular weight excluding hydrogens is 195 g/mol. The Balaban J connectivity index is 2.70. The molecule has 0 spiro atoms. The molecule has 0 aromatic heterocycles. The van der Waals surface area contributed by atoms with E-state index < -0.39 is 5.97 Å². The van der Waals surface area contributed by atoms with Gasteiger partial charge in [-0.25, -0.2) is 9.18 Å². The Morgan fingerprint density at radius 3 is 2.67 bits per heavy atom. The molecule has 0 radical (unpaired) electrons. The van der Waals surface area contributed by atoms with Gasteiger partial charge in [-0.05, 0) is 30.5 Å². The Morgan fingerprint density at radius 1 is 1.47 bits per heavy atom. The van der Waals surface area contributed by atoms with Crippen molar-refractivity contribution >= 4 is 5.97 Å². The largest absolute Gasteiger partial charge is 0.462 e. The minimum atomic E-state index is -0.470. The first-order valence-electron chi connectivity index (χ1n) is 4.94. The third kappa shape index (κ3) is 3.35. The van der Waals surface area contributed by atoms with E-state index in [0.29, 0.717) is 12.2 Å². The summed E-state index contributed by atoms with van der Waals surface area (Å²) in [6.07, 6.45) is 0. The summed E-state index contributed by atoms with van der Waals surface area (Å²) in [5.74, 6) is -0.569. The smallest absolute Gasteiger partial charge is 0.338 e. The molecule has 0 atom stereocenters. The lowest BCUT2D eigenvalue weighted by Crippen LogP contribution is -2.10. The van der Waals surface area contributed by atoms with Crippen LogP contribution in [0.5, 0.6) is 0 Å². The first kappa shape index (κ1) is 11.7. The maximum absolute atomic E-state index is 13.1. The van der Waals surface area contributed by atoms with Gasteiger partial charge in [-0.1, -0.05) is 19.9 Å². The van der Waals surface area contributed by atoms with Crippen molar-refractivity contribution < 1.29 is 13.9 Å². The van der Waals surface area contributed by atoms with Gasteiger partial charge in [0.1, 0.15) is 5.82 Å². The van der Waals surface area contributed by atoms with E-state index in [4.69, 9.17) is 4.74 Å². The van der Waals surface area contributed by atoms with Gasteiger partial charge in [0.05, 0.1) is 12.2 Å². The molecule has 0 saturated heterocycles. The molecule has 0 bridgehead atoms. The summed E-state index contributed by atoms with van der Waals surface area (Å²) in [5, 5.41) is 0. The Hall–Kier alpha value is -1.38. The average molecular weight is 210 g/mol. The summed E-state index contributed by atoms with van der Waals surface area (Å²) >= 11 is 0. The number of carbonyl (C=O) groups is 1. The zero-order valence-electron chi connectivity index (χ0n) is 9.21. The van der Waals surface area contributed by atoms with Crippen molar-refractivity contribution in [1.29, 1.82) is 0 Å². The summed E-state index contributed by atoms with van der Waals surface area (Å²) in [6.45, 7) is 5.90. The standard InChI is InChI=1S/C12H15FO2/c1-8(2)7-15-12(14)10-5-4-9(3)11(13)6-10/h4-6,8H,7H2,1-3H3. The molecule has 0 amide bonds. The molecule has 0 unspecified atom stereocenters. The van der Waals surface area contributed by atoms with E-state index in [2.05, 4.69) is 0 Å². The normalized spacial score (nSPS) is 10.5. The van der Waals surface area contributed by atoms with Gasteiger partial charge in [0, 0.05) is 0 Å². The van der Waals surface area contributed by atoms with Crippen LogP contribution >= 0.6 is 0 Å². The van der Waals surface area contributed by atoms with Gasteiger partial charge >= 0.3 is 5.97 Å². The Kier molecular flexibility index (Phi) is 3.83. The fourth-order valence-electron chi connectivity index (χ4n) is 1.05. The van der Waals surface area contributed by atoms with E-state index in [0.717, 1.165) is 0 Å². The van der Waals surface area contributed by atoms with Crippen molar-refractivity contribution in [3.8, 4) is 0 Å². The van der Waals surface area contributed by atoms with Crippen LogP contribution in [-0.4, -0.2) is 12.6 Å². The van der Waals surface area contributed by atoms with Gasteiger partial charge in [-0.3, -0.25) is 0 Å². The average Bonchev–Trinajstić information content (AvgIpc) is 2.18. The second kappa shape index (κ2) is 4.91. The fraction of sp³-hybridized carbons (Fsp3) is 0.417. The first-order valence-corrected chi connectivity index (χ1v) is 4.94. The third-order valence-corrected chi connectivity index (χ3v) is 1.96. The van der Waals surface area contributed by atoms with Crippen LogP contribution in [0.3, 0.4) is 0 Å². The molecule has 0 saturated carbocycles. The Morgan fingerprint density at radius 2 is 2.13 bits per heavy atom. The van der Waals surface area contributed by atoms with E-state index in [1.807, 2.05) is 13.8 Å². The predicted molar refractivity (Wildman–Crippen MR) is 56.3 cm³/mol. The number of rotatable bonds is 3. The monoisotopic (exact) mass is 210 g/mol. The maximum Gasteiger partial charge on any atom is 0.338 e. The minimum absolute atomic E-state index is 0.263. The third-order valence-electron chi connectivity index (χ3n) is 1.96. The van der Waals surface area contributed by atoms with Gasteiger partial charge in [0.2, 0.25) is 0 Å². The lowest BCUT2D eigenvalue weighted by atomic mass is 10.1. The van der Waals surface area contributed by atoms with E-state index in [1.165, 1.54) is 6.07 Å². The van der Waals surface area contributed by atoms with Crippen molar-refractivity contribution in [1.82, 2.24) is 0 Å². The van der Waals surface area contributed by atoms with Crippen LogP contribution in [0, 0.1) is 18.7 Å². The molecule has 0 aliphatic rings. The van der Waals surface area contributed by atoms with Gasteiger partial charge in [-0.2, -0.15) is 0 Å². The second-order valence-corrected chi connectivity index (χ2v) is 3.96. The zero-order chi connectivity index (χ0) is 11.4. The molecule has 3 heteroatoms. The topological polar surface area (TPSA) is 26.3 Å². The summed E-state index contributed by atoms with van der Waals surface area (Å²) < 4.78 is 18.1. The molecule has 0 aliphatic heterocycles. The lowest BCUT2D eigenvalue weighted by Gasteiger charge is -2.07. The van der Waals surface area contributed by atoms with Gasteiger partial charge in [-0.15, -0.1) is 0 Å². The van der Waals surface area contributed by atoms with Crippen LogP contribution in [0.1, 0.15) is 29.8 Å². The molecule has 1 aromatic carbocycles. The highest BCUT2D eigenvalue weighted by molar-refractivity contribution is 5.89. The zero-order valence-corrected chi connectivity index (χ0v) is 9.21. The quantitative estimate of drug-likeness (QED) is 0.717. The van der Waals surface area contributed by atoms with E-state index in [9.17, 15) is 9.18 Å². The molecule has 2 nitrogen and oxygen atoms in total. The molecular formula is C12H15FO2. The molecule has 1 rings (SSSR count). The molecule has 0 aliphatic carbocycles. The number of ether oxygens (including phenoxy) is 1. The van der Waals surface area contributed by atoms with Crippen molar-refractivity contribution in [2.45, 2.75) is 20.8 Å². The number of carbonyl (C=O) groups excluding carboxylic acids is 1. The lowest BCUT2D eigenvalue weighted by molar-refractivity contribution is 0.0458. The van der Waals surface area contributed by atoms with E-state index in [1.54, 1.807) is 19.1 Å². The molecule has 0 N–H and O–H groups in total. The van der Waals surface area contributed by atoms with Crippen LogP contribution in [-0.2, 0) is 4.74 Å². The highest BCUT2D eigenvalue weighted by Crippen LogP contribution is 2.10. The van der Waals surface area contributed by atoms with Crippen LogP contribution in [0.4, 0.5) is 4.39 Å². The van der Waals surface area contributed by atoms with Crippen LogP contribution in [0.2, 0.25) is 0 Å². The first-order chi connectivity index (χ1) is 7.00. The van der Waals surface area contributed by atoms with Gasteiger partial charge in [0.25, 0.3) is 0 Å². The number of aryl methyl sites for hydroxylation is 1. The van der Waals surface area contributed by atoms with Crippen molar-refractivity contribution in [3.05, 3.63) is 35.1 Å². The number of halogens is 1. The highest BCUT2D eigenvalue weighted by atomic mass is 19.1. The van der Waals surface area contributed by atoms with Gasteiger partial charge in [0.15, 0.2) is 0 Å². The van der Waals surface area contributed by atoms with Crippen molar-refractivity contribution in [3.63, 3.8) is 0 Å². The number of esters is 1.